The van der Waals surface area contributed by atoms with Crippen LogP contribution >= 0.6 is 47.2 Å². The molecule has 0 unspecified atom stereocenters. The number of thioether (sulfide) groups is 1. The maximum Gasteiger partial charge on any atom is 0.338 e. The highest BCUT2D eigenvalue weighted by Crippen LogP contribution is 2.38. The molecule has 2 aromatic carbocycles. The Bertz CT molecular complexity index is 970. The molecular weight excluding hydrogens is 449 g/mol. The molecule has 1 saturated heterocycles. The SMILES string of the molecule is CCCCOC(=O)c1ccc(N2C(=O)/C(=C/c3c(Cl)cccc3Cl)SC2=S)cc1. The van der Waals surface area contributed by atoms with Crippen molar-refractivity contribution < 1.29 is 14.3 Å². The third-order valence-electron chi connectivity index (χ3n) is 4.16. The van der Waals surface area contributed by atoms with E-state index < -0.39 is 0 Å². The quantitative estimate of drug-likeness (QED) is 0.215. The van der Waals surface area contributed by atoms with Crippen LogP contribution in [0.25, 0.3) is 6.08 Å². The van der Waals surface area contributed by atoms with Crippen LogP contribution in [0.3, 0.4) is 0 Å². The molecule has 1 amide bonds. The summed E-state index contributed by atoms with van der Waals surface area (Å²) in [7, 11) is 0. The fraction of sp³-hybridized carbons (Fsp3) is 0.190. The van der Waals surface area contributed by atoms with Gasteiger partial charge in [0.2, 0.25) is 0 Å². The van der Waals surface area contributed by atoms with Crippen LogP contribution in [0, 0.1) is 0 Å². The number of halogens is 2. The molecule has 1 aliphatic heterocycles. The number of amides is 1. The van der Waals surface area contributed by atoms with Gasteiger partial charge in [0.15, 0.2) is 4.32 Å². The second kappa shape index (κ2) is 9.76. The van der Waals surface area contributed by atoms with Crippen molar-refractivity contribution in [3.8, 4) is 0 Å². The van der Waals surface area contributed by atoms with Crippen molar-refractivity contribution >= 4 is 75.1 Å². The minimum atomic E-state index is -0.386. The molecular formula is C21H17Cl2NO3S2. The number of ether oxygens (including phenoxy) is 1. The smallest absolute Gasteiger partial charge is 0.338 e. The lowest BCUT2D eigenvalue weighted by Crippen LogP contribution is -2.27. The number of carbonyl (C=O) groups excluding carboxylic acids is 2. The Kier molecular flexibility index (Phi) is 7.35. The van der Waals surface area contributed by atoms with Crippen LogP contribution in [0.4, 0.5) is 5.69 Å². The molecule has 8 heteroatoms. The third kappa shape index (κ3) is 5.01. The van der Waals surface area contributed by atoms with E-state index in [0.717, 1.165) is 12.8 Å². The van der Waals surface area contributed by atoms with Gasteiger partial charge in [0.05, 0.1) is 22.8 Å². The van der Waals surface area contributed by atoms with E-state index in [2.05, 4.69) is 0 Å². The van der Waals surface area contributed by atoms with Gasteiger partial charge in [-0.2, -0.15) is 0 Å². The Morgan fingerprint density at radius 1 is 1.17 bits per heavy atom. The zero-order valence-electron chi connectivity index (χ0n) is 15.5. The Morgan fingerprint density at radius 3 is 2.45 bits per heavy atom. The summed E-state index contributed by atoms with van der Waals surface area (Å²) in [6.07, 6.45) is 3.42. The van der Waals surface area contributed by atoms with Crippen LogP contribution in [0.5, 0.6) is 0 Å². The molecule has 0 N–H and O–H groups in total. The number of benzene rings is 2. The van der Waals surface area contributed by atoms with Gasteiger partial charge in [-0.1, -0.05) is 66.6 Å². The average molecular weight is 466 g/mol. The zero-order chi connectivity index (χ0) is 21.0. The van der Waals surface area contributed by atoms with Crippen molar-refractivity contribution in [1.82, 2.24) is 0 Å². The lowest BCUT2D eigenvalue weighted by atomic mass is 10.2. The lowest BCUT2D eigenvalue weighted by Gasteiger charge is -2.15. The van der Waals surface area contributed by atoms with Gasteiger partial charge in [0.25, 0.3) is 5.91 Å². The molecule has 2 aromatic rings. The zero-order valence-corrected chi connectivity index (χ0v) is 18.6. The summed E-state index contributed by atoms with van der Waals surface area (Å²) in [4.78, 5) is 26.8. The Morgan fingerprint density at radius 2 is 1.83 bits per heavy atom. The van der Waals surface area contributed by atoms with E-state index in [0.29, 0.717) is 42.7 Å². The van der Waals surface area contributed by atoms with Gasteiger partial charge in [-0.3, -0.25) is 9.69 Å². The van der Waals surface area contributed by atoms with Gasteiger partial charge in [-0.25, -0.2) is 4.79 Å². The van der Waals surface area contributed by atoms with Crippen molar-refractivity contribution in [2.24, 2.45) is 0 Å². The minimum Gasteiger partial charge on any atom is -0.462 e. The second-order valence-electron chi connectivity index (χ2n) is 6.19. The van der Waals surface area contributed by atoms with Crippen LogP contribution in [0.15, 0.2) is 47.4 Å². The van der Waals surface area contributed by atoms with E-state index in [1.165, 1.54) is 16.7 Å². The van der Waals surface area contributed by atoms with E-state index in [1.54, 1.807) is 48.5 Å². The highest BCUT2D eigenvalue weighted by Gasteiger charge is 2.33. The number of rotatable bonds is 6. The number of unbranched alkanes of at least 4 members (excludes halogenated alkanes) is 1. The first-order valence-corrected chi connectivity index (χ1v) is 10.9. The van der Waals surface area contributed by atoms with E-state index in [9.17, 15) is 9.59 Å². The fourth-order valence-corrected chi connectivity index (χ4v) is 4.40. The Labute approximate surface area is 188 Å². The van der Waals surface area contributed by atoms with Gasteiger partial charge in [-0.05, 0) is 48.9 Å². The van der Waals surface area contributed by atoms with Crippen molar-refractivity contribution in [1.29, 1.82) is 0 Å². The molecule has 1 heterocycles. The van der Waals surface area contributed by atoms with E-state index in [-0.39, 0.29) is 11.9 Å². The molecule has 4 nitrogen and oxygen atoms in total. The van der Waals surface area contributed by atoms with Crippen molar-refractivity contribution in [3.05, 3.63) is 68.5 Å². The highest BCUT2D eigenvalue weighted by atomic mass is 35.5. The first-order valence-electron chi connectivity index (χ1n) is 8.91. The first-order chi connectivity index (χ1) is 13.9. The Hall–Kier alpha value is -1.86. The molecule has 0 aromatic heterocycles. The predicted molar refractivity (Wildman–Crippen MR) is 124 cm³/mol. The normalized spacial score (nSPS) is 15.3. The van der Waals surface area contributed by atoms with Crippen LogP contribution in [0.2, 0.25) is 10.0 Å². The largest absolute Gasteiger partial charge is 0.462 e. The van der Waals surface area contributed by atoms with Crippen molar-refractivity contribution in [2.45, 2.75) is 19.8 Å². The fourth-order valence-electron chi connectivity index (χ4n) is 2.61. The molecule has 1 aliphatic rings. The third-order valence-corrected chi connectivity index (χ3v) is 6.12. The first kappa shape index (κ1) is 21.8. The Balaban J connectivity index is 1.80. The highest BCUT2D eigenvalue weighted by molar-refractivity contribution is 8.27. The molecule has 3 rings (SSSR count). The molecule has 0 aliphatic carbocycles. The van der Waals surface area contributed by atoms with Gasteiger partial charge < -0.3 is 4.74 Å². The van der Waals surface area contributed by atoms with Crippen LogP contribution in [0.1, 0.15) is 35.7 Å². The maximum absolute atomic E-state index is 12.9. The summed E-state index contributed by atoms with van der Waals surface area (Å²) < 4.78 is 5.59. The average Bonchev–Trinajstić information content (AvgIpc) is 2.98. The van der Waals surface area contributed by atoms with E-state index in [1.807, 2.05) is 6.92 Å². The van der Waals surface area contributed by atoms with Crippen molar-refractivity contribution in [2.75, 3.05) is 11.5 Å². The van der Waals surface area contributed by atoms with Gasteiger partial charge in [0.1, 0.15) is 0 Å². The second-order valence-corrected chi connectivity index (χ2v) is 8.68. The molecule has 0 saturated carbocycles. The molecule has 0 bridgehead atoms. The molecule has 0 radical (unpaired) electrons. The molecule has 29 heavy (non-hydrogen) atoms. The van der Waals surface area contributed by atoms with Crippen LogP contribution in [-0.4, -0.2) is 22.8 Å². The summed E-state index contributed by atoms with van der Waals surface area (Å²) in [5.41, 5.74) is 1.57. The van der Waals surface area contributed by atoms with Gasteiger partial charge in [0, 0.05) is 15.6 Å². The minimum absolute atomic E-state index is 0.269. The molecule has 1 fully saturated rings. The number of anilines is 1. The monoisotopic (exact) mass is 465 g/mol. The summed E-state index contributed by atoms with van der Waals surface area (Å²) in [6.45, 7) is 2.42. The lowest BCUT2D eigenvalue weighted by molar-refractivity contribution is -0.113. The predicted octanol–water partition coefficient (Wildman–Crippen LogP) is 6.36. The molecule has 0 atom stereocenters. The maximum atomic E-state index is 12.9. The number of nitrogens with zero attached hydrogens (tertiary/aromatic N) is 1. The topological polar surface area (TPSA) is 46.6 Å². The molecule has 0 spiro atoms. The van der Waals surface area contributed by atoms with Gasteiger partial charge in [-0.15, -0.1) is 0 Å². The van der Waals surface area contributed by atoms with E-state index in [4.69, 9.17) is 40.2 Å². The van der Waals surface area contributed by atoms with Crippen LogP contribution < -0.4 is 4.90 Å². The summed E-state index contributed by atoms with van der Waals surface area (Å²) in [5, 5.41) is 0.905. The van der Waals surface area contributed by atoms with Crippen molar-refractivity contribution in [3.63, 3.8) is 0 Å². The van der Waals surface area contributed by atoms with Crippen LogP contribution in [-0.2, 0) is 9.53 Å². The summed E-state index contributed by atoms with van der Waals surface area (Å²) in [6, 6.07) is 11.7. The number of hydrogen-bond donors (Lipinski definition) is 0. The standard InChI is InChI=1S/C21H17Cl2NO3S2/c1-2-3-11-27-20(26)13-7-9-14(10-8-13)24-19(25)18(29-21(24)28)12-15-16(22)5-4-6-17(15)23/h4-10,12H,2-3,11H2,1H3/b18-12-. The van der Waals surface area contributed by atoms with Gasteiger partial charge >= 0.3 is 5.97 Å². The number of thiocarbonyl (C=S) groups is 1. The molecule has 150 valence electrons. The number of esters is 1. The number of carbonyl (C=O) groups is 2. The summed E-state index contributed by atoms with van der Waals surface area (Å²) >= 11 is 19.0. The number of hydrogen-bond acceptors (Lipinski definition) is 5. The van der Waals surface area contributed by atoms with E-state index >= 15 is 0 Å². The summed E-state index contributed by atoms with van der Waals surface area (Å²) in [5.74, 6) is -0.655.